The van der Waals surface area contributed by atoms with Gasteiger partial charge in [0.05, 0.1) is 0 Å². The minimum atomic E-state index is 0.421. The largest absolute Gasteiger partial charge is 0.370 e. The number of aromatic nitrogens is 4. The summed E-state index contributed by atoms with van der Waals surface area (Å²) >= 11 is 0. The van der Waals surface area contributed by atoms with Gasteiger partial charge in [0.1, 0.15) is 12.1 Å². The monoisotopic (exact) mass is 301 g/mol. The van der Waals surface area contributed by atoms with E-state index in [0.29, 0.717) is 11.9 Å². The van der Waals surface area contributed by atoms with Crippen LogP contribution < -0.4 is 11.1 Å². The van der Waals surface area contributed by atoms with Crippen molar-refractivity contribution < 1.29 is 0 Å². The predicted octanol–water partition coefficient (Wildman–Crippen LogP) is 1.24. The predicted molar refractivity (Wildman–Crippen MR) is 85.6 cm³/mol. The van der Waals surface area contributed by atoms with Gasteiger partial charge < -0.3 is 16.0 Å². The molecule has 0 atom stereocenters. The molecule has 3 heterocycles. The number of nitrogens with one attached hydrogen (secondary N) is 1. The maximum Gasteiger partial charge on any atom is 0.209 e. The summed E-state index contributed by atoms with van der Waals surface area (Å²) in [6.45, 7) is 4.75. The number of hydrogen-bond donors (Lipinski definition) is 2. The highest BCUT2D eigenvalue weighted by Crippen LogP contribution is 2.31. The van der Waals surface area contributed by atoms with Crippen molar-refractivity contribution in [1.29, 1.82) is 0 Å². The number of nitrogens with zero attached hydrogens (tertiary/aromatic N) is 5. The van der Waals surface area contributed by atoms with Gasteiger partial charge in [-0.2, -0.15) is 4.98 Å². The molecule has 1 aliphatic carbocycles. The van der Waals surface area contributed by atoms with E-state index < -0.39 is 0 Å². The zero-order chi connectivity index (χ0) is 14.9. The van der Waals surface area contributed by atoms with E-state index in [4.69, 9.17) is 5.73 Å². The van der Waals surface area contributed by atoms with Crippen molar-refractivity contribution in [3.8, 4) is 0 Å². The van der Waals surface area contributed by atoms with E-state index in [-0.39, 0.29) is 0 Å². The van der Waals surface area contributed by atoms with Gasteiger partial charge in [-0.05, 0) is 50.6 Å². The fourth-order valence-electron chi connectivity index (χ4n) is 3.23. The standard InChI is InChI=1S/C15H23N7/c16-15-19-13(7-14-20-18-10-22(14)15)17-8-11-3-5-21(6-4-11)9-12-1-2-12/h7,10-12,17H,1-6,8-9H2,(H2,16,19). The first-order chi connectivity index (χ1) is 10.8. The van der Waals surface area contributed by atoms with Crippen LogP contribution in [0.2, 0.25) is 0 Å². The molecular formula is C15H23N7. The van der Waals surface area contributed by atoms with Crippen LogP contribution in [-0.4, -0.2) is 50.7 Å². The third-order valence-electron chi connectivity index (χ3n) is 4.81. The van der Waals surface area contributed by atoms with Gasteiger partial charge in [0.2, 0.25) is 5.95 Å². The molecule has 1 saturated carbocycles. The summed E-state index contributed by atoms with van der Waals surface area (Å²) in [6, 6.07) is 1.89. The lowest BCUT2D eigenvalue weighted by Gasteiger charge is -2.32. The third kappa shape index (κ3) is 2.99. The van der Waals surface area contributed by atoms with E-state index in [9.17, 15) is 0 Å². The van der Waals surface area contributed by atoms with Gasteiger partial charge in [-0.3, -0.25) is 4.40 Å². The Labute approximate surface area is 129 Å². The van der Waals surface area contributed by atoms with Crippen molar-refractivity contribution in [2.24, 2.45) is 11.8 Å². The van der Waals surface area contributed by atoms with E-state index in [0.717, 1.165) is 23.9 Å². The molecule has 4 rings (SSSR count). The number of fused-ring (bicyclic) bond motifs is 1. The fourth-order valence-corrected chi connectivity index (χ4v) is 3.23. The molecule has 0 unspecified atom stereocenters. The summed E-state index contributed by atoms with van der Waals surface area (Å²) in [6.07, 6.45) is 7.00. The van der Waals surface area contributed by atoms with Crippen molar-refractivity contribution >= 4 is 17.4 Å². The van der Waals surface area contributed by atoms with E-state index in [1.54, 1.807) is 10.7 Å². The van der Waals surface area contributed by atoms with Crippen molar-refractivity contribution in [3.63, 3.8) is 0 Å². The molecule has 7 nitrogen and oxygen atoms in total. The molecule has 7 heteroatoms. The Hall–Kier alpha value is -1.89. The molecule has 1 saturated heterocycles. The van der Waals surface area contributed by atoms with Crippen LogP contribution in [0.5, 0.6) is 0 Å². The molecule has 2 aromatic rings. The zero-order valence-electron chi connectivity index (χ0n) is 12.8. The SMILES string of the molecule is Nc1nc(NCC2CCN(CC3CC3)CC2)cc2nncn12. The van der Waals surface area contributed by atoms with Crippen molar-refractivity contribution in [3.05, 3.63) is 12.4 Å². The second kappa shape index (κ2) is 5.72. The van der Waals surface area contributed by atoms with Crippen LogP contribution in [-0.2, 0) is 0 Å². The smallest absolute Gasteiger partial charge is 0.209 e. The molecule has 2 aliphatic rings. The minimum Gasteiger partial charge on any atom is -0.370 e. The number of anilines is 2. The van der Waals surface area contributed by atoms with E-state index in [1.165, 1.54) is 45.3 Å². The van der Waals surface area contributed by atoms with Gasteiger partial charge in [0.15, 0.2) is 5.65 Å². The molecule has 0 amide bonds. The average molecular weight is 301 g/mol. The Bertz CT molecular complexity index is 640. The number of nitrogen functional groups attached to an aromatic ring is 1. The number of nitrogens with two attached hydrogens (primary N) is 1. The molecule has 0 bridgehead atoms. The number of hydrogen-bond acceptors (Lipinski definition) is 6. The lowest BCUT2D eigenvalue weighted by molar-refractivity contribution is 0.183. The maximum atomic E-state index is 5.91. The molecule has 0 radical (unpaired) electrons. The molecule has 2 fully saturated rings. The molecule has 0 spiro atoms. The van der Waals surface area contributed by atoms with Crippen LogP contribution >= 0.6 is 0 Å². The van der Waals surface area contributed by atoms with E-state index >= 15 is 0 Å². The van der Waals surface area contributed by atoms with Gasteiger partial charge in [0, 0.05) is 19.2 Å². The lowest BCUT2D eigenvalue weighted by Crippen LogP contribution is -2.37. The molecule has 3 N–H and O–H groups in total. The van der Waals surface area contributed by atoms with Crippen LogP contribution in [0.1, 0.15) is 25.7 Å². The summed E-state index contributed by atoms with van der Waals surface area (Å²) in [5.74, 6) is 2.92. The Morgan fingerprint density at radius 2 is 2.00 bits per heavy atom. The second-order valence-electron chi connectivity index (χ2n) is 6.63. The first-order valence-corrected chi connectivity index (χ1v) is 8.20. The van der Waals surface area contributed by atoms with Gasteiger partial charge in [0.25, 0.3) is 0 Å². The lowest BCUT2D eigenvalue weighted by atomic mass is 9.96. The maximum absolute atomic E-state index is 5.91. The molecule has 2 aromatic heterocycles. The van der Waals surface area contributed by atoms with Crippen LogP contribution in [0, 0.1) is 11.8 Å². The Kier molecular flexibility index (Phi) is 3.57. The molecule has 0 aromatic carbocycles. The van der Waals surface area contributed by atoms with Gasteiger partial charge in [-0.25, -0.2) is 0 Å². The number of likely N-dealkylation sites (tertiary alicyclic amines) is 1. The first-order valence-electron chi connectivity index (χ1n) is 8.20. The Morgan fingerprint density at radius 1 is 1.18 bits per heavy atom. The highest BCUT2D eigenvalue weighted by atomic mass is 15.3. The van der Waals surface area contributed by atoms with Crippen molar-refractivity contribution in [2.75, 3.05) is 37.2 Å². The third-order valence-corrected chi connectivity index (χ3v) is 4.81. The van der Waals surface area contributed by atoms with Crippen molar-refractivity contribution in [1.82, 2.24) is 24.5 Å². The Balaban J connectivity index is 1.30. The summed E-state index contributed by atoms with van der Waals surface area (Å²) in [4.78, 5) is 6.99. The van der Waals surface area contributed by atoms with Gasteiger partial charge in [-0.1, -0.05) is 0 Å². The normalized spacial score (nSPS) is 20.5. The summed E-state index contributed by atoms with van der Waals surface area (Å²) in [7, 11) is 0. The minimum absolute atomic E-state index is 0.421. The quantitative estimate of drug-likeness (QED) is 0.864. The second-order valence-corrected chi connectivity index (χ2v) is 6.63. The molecule has 118 valence electrons. The average Bonchev–Trinajstić information content (AvgIpc) is 3.20. The molecule has 22 heavy (non-hydrogen) atoms. The number of piperidine rings is 1. The van der Waals surface area contributed by atoms with E-state index in [1.807, 2.05) is 6.07 Å². The topological polar surface area (TPSA) is 84.4 Å². The highest BCUT2D eigenvalue weighted by Gasteiger charge is 2.26. The van der Waals surface area contributed by atoms with Crippen LogP contribution in [0.3, 0.4) is 0 Å². The van der Waals surface area contributed by atoms with Crippen molar-refractivity contribution in [2.45, 2.75) is 25.7 Å². The fraction of sp³-hybridized carbons (Fsp3) is 0.667. The van der Waals surface area contributed by atoms with Crippen LogP contribution in [0.4, 0.5) is 11.8 Å². The van der Waals surface area contributed by atoms with Crippen LogP contribution in [0.25, 0.3) is 5.65 Å². The van der Waals surface area contributed by atoms with E-state index in [2.05, 4.69) is 25.4 Å². The zero-order valence-corrected chi connectivity index (χ0v) is 12.8. The Morgan fingerprint density at radius 3 is 2.77 bits per heavy atom. The number of rotatable bonds is 5. The highest BCUT2D eigenvalue weighted by molar-refractivity contribution is 5.53. The summed E-state index contributed by atoms with van der Waals surface area (Å²) < 4.78 is 1.68. The molecule has 1 aliphatic heterocycles. The summed E-state index contributed by atoms with van der Waals surface area (Å²) in [5, 5.41) is 11.3. The summed E-state index contributed by atoms with van der Waals surface area (Å²) in [5.41, 5.74) is 6.64. The van der Waals surface area contributed by atoms with Gasteiger partial charge in [-0.15, -0.1) is 10.2 Å². The molecular weight excluding hydrogens is 278 g/mol. The van der Waals surface area contributed by atoms with Crippen LogP contribution in [0.15, 0.2) is 12.4 Å². The first kappa shape index (κ1) is 13.8. The van der Waals surface area contributed by atoms with Gasteiger partial charge >= 0.3 is 0 Å².